The van der Waals surface area contributed by atoms with Crippen molar-refractivity contribution in [1.82, 2.24) is 5.06 Å². The minimum Gasteiger partial charge on any atom is -0.491 e. The number of rotatable bonds is 12. The fraction of sp³-hybridized carbons (Fsp3) is 0.812. The molecule has 1 aromatic rings. The van der Waals surface area contributed by atoms with Gasteiger partial charge in [-0.2, -0.15) is 5.06 Å². The molecule has 0 aliphatic carbocycles. The minimum absolute atomic E-state index is 0.0937. The van der Waals surface area contributed by atoms with Crippen molar-refractivity contribution in [2.24, 2.45) is 11.3 Å². The van der Waals surface area contributed by atoms with Gasteiger partial charge in [-0.3, -0.25) is 4.84 Å². The molecule has 0 aromatic heterocycles. The van der Waals surface area contributed by atoms with E-state index in [0.717, 1.165) is 56.8 Å². The van der Waals surface area contributed by atoms with Crippen LogP contribution >= 0.6 is 0 Å². The number of nitrogens with zero attached hydrogens (tertiary/aromatic N) is 1. The summed E-state index contributed by atoms with van der Waals surface area (Å²) in [4.78, 5) is 6.92. The highest BCUT2D eigenvalue weighted by molar-refractivity contribution is 5.28. The highest BCUT2D eigenvalue weighted by Crippen LogP contribution is 2.55. The van der Waals surface area contributed by atoms with Crippen LogP contribution in [-0.4, -0.2) is 54.5 Å². The summed E-state index contributed by atoms with van der Waals surface area (Å²) in [6.07, 6.45) is 7.55. The van der Waals surface area contributed by atoms with Gasteiger partial charge in [0.2, 0.25) is 0 Å². The van der Waals surface area contributed by atoms with Crippen LogP contribution in [0.3, 0.4) is 0 Å². The second-order valence-corrected chi connectivity index (χ2v) is 12.7. The SMILES string of the molecule is CCCCC1(CC)COC2(CC(C)(CC)N(OC(C)c3ccc(OCC4CO4)cc3)C(C)(CC)C2C)OC1. The summed E-state index contributed by atoms with van der Waals surface area (Å²) in [5.74, 6) is 0.428. The number of hydrogen-bond acceptors (Lipinski definition) is 6. The molecule has 0 saturated carbocycles. The van der Waals surface area contributed by atoms with E-state index in [-0.39, 0.29) is 34.6 Å². The number of hydroxylamine groups is 2. The first-order chi connectivity index (χ1) is 18.1. The maximum absolute atomic E-state index is 6.92. The van der Waals surface area contributed by atoms with Gasteiger partial charge in [-0.05, 0) is 64.2 Å². The molecular weight excluding hydrogens is 478 g/mol. The summed E-state index contributed by atoms with van der Waals surface area (Å²) >= 11 is 0. The Bertz CT molecular complexity index is 894. The Labute approximate surface area is 231 Å². The van der Waals surface area contributed by atoms with Gasteiger partial charge >= 0.3 is 0 Å². The van der Waals surface area contributed by atoms with Crippen LogP contribution < -0.4 is 4.74 Å². The van der Waals surface area contributed by atoms with E-state index in [9.17, 15) is 0 Å². The molecule has 0 N–H and O–H groups in total. The van der Waals surface area contributed by atoms with E-state index in [4.69, 9.17) is 23.8 Å². The third-order valence-electron chi connectivity index (χ3n) is 10.2. The quantitative estimate of drug-likeness (QED) is 0.261. The lowest BCUT2D eigenvalue weighted by atomic mass is 9.66. The molecule has 3 aliphatic rings. The maximum atomic E-state index is 6.92. The highest BCUT2D eigenvalue weighted by atomic mass is 16.7. The topological polar surface area (TPSA) is 52.7 Å². The van der Waals surface area contributed by atoms with Crippen LogP contribution in [0, 0.1) is 11.3 Å². The summed E-state index contributed by atoms with van der Waals surface area (Å²) in [6.45, 7) is 21.2. The third-order valence-corrected chi connectivity index (χ3v) is 10.2. The average Bonchev–Trinajstić information content (AvgIpc) is 3.78. The van der Waals surface area contributed by atoms with Gasteiger partial charge in [-0.15, -0.1) is 0 Å². The Morgan fingerprint density at radius 1 is 1.00 bits per heavy atom. The molecule has 0 bridgehead atoms. The second kappa shape index (κ2) is 11.7. The molecule has 4 rings (SSSR count). The molecule has 38 heavy (non-hydrogen) atoms. The lowest BCUT2D eigenvalue weighted by Crippen LogP contribution is -2.73. The van der Waals surface area contributed by atoms with E-state index in [1.807, 2.05) is 12.1 Å². The monoisotopic (exact) mass is 531 g/mol. The molecular formula is C32H53NO5. The largest absolute Gasteiger partial charge is 0.491 e. The van der Waals surface area contributed by atoms with Crippen LogP contribution in [0.4, 0.5) is 0 Å². The van der Waals surface area contributed by atoms with Gasteiger partial charge in [0.15, 0.2) is 5.79 Å². The molecule has 5 unspecified atom stereocenters. The number of ether oxygens (including phenoxy) is 4. The second-order valence-electron chi connectivity index (χ2n) is 12.7. The van der Waals surface area contributed by atoms with Crippen LogP contribution in [0.25, 0.3) is 0 Å². The van der Waals surface area contributed by atoms with Gasteiger partial charge in [-0.25, -0.2) is 0 Å². The third kappa shape index (κ3) is 5.81. The van der Waals surface area contributed by atoms with E-state index in [0.29, 0.717) is 6.61 Å². The van der Waals surface area contributed by atoms with E-state index in [1.165, 1.54) is 19.3 Å². The molecule has 3 saturated heterocycles. The van der Waals surface area contributed by atoms with Gasteiger partial charge < -0.3 is 18.9 Å². The standard InChI is InChI=1S/C32H53NO5/c1-9-13-18-31(12-4)22-36-32(37-23-31)21-29(7,10-2)33(30(8,11-3)25(32)6)38-24(5)26-14-16-27(17-15-26)34-19-28-20-35-28/h14-17,24-25,28H,9-13,18-23H2,1-8H3. The summed E-state index contributed by atoms with van der Waals surface area (Å²) in [5.41, 5.74) is 0.795. The van der Waals surface area contributed by atoms with Crippen molar-refractivity contribution in [2.75, 3.05) is 26.4 Å². The number of benzene rings is 1. The number of epoxide rings is 1. The van der Waals surface area contributed by atoms with Gasteiger partial charge in [0.1, 0.15) is 24.6 Å². The zero-order valence-electron chi connectivity index (χ0n) is 25.3. The van der Waals surface area contributed by atoms with Crippen molar-refractivity contribution < 1.29 is 23.8 Å². The summed E-state index contributed by atoms with van der Waals surface area (Å²) in [5, 5.41) is 2.32. The lowest BCUT2D eigenvalue weighted by molar-refractivity contribution is -0.417. The molecule has 0 radical (unpaired) electrons. The number of hydrogen-bond donors (Lipinski definition) is 0. The van der Waals surface area contributed by atoms with Crippen molar-refractivity contribution in [3.8, 4) is 5.75 Å². The molecule has 3 fully saturated rings. The first kappa shape index (κ1) is 29.8. The van der Waals surface area contributed by atoms with Gasteiger partial charge in [0.25, 0.3) is 0 Å². The molecule has 3 aliphatic heterocycles. The fourth-order valence-electron chi connectivity index (χ4n) is 6.46. The average molecular weight is 532 g/mol. The molecule has 3 heterocycles. The zero-order valence-corrected chi connectivity index (χ0v) is 25.3. The smallest absolute Gasteiger partial charge is 0.174 e. The van der Waals surface area contributed by atoms with Crippen molar-refractivity contribution in [3.05, 3.63) is 29.8 Å². The zero-order chi connectivity index (χ0) is 27.6. The molecule has 216 valence electrons. The first-order valence-corrected chi connectivity index (χ1v) is 15.2. The van der Waals surface area contributed by atoms with Gasteiger partial charge in [0, 0.05) is 23.3 Å². The molecule has 0 amide bonds. The predicted molar refractivity (Wildman–Crippen MR) is 151 cm³/mol. The summed E-state index contributed by atoms with van der Waals surface area (Å²) in [7, 11) is 0. The van der Waals surface area contributed by atoms with Crippen molar-refractivity contribution in [1.29, 1.82) is 0 Å². The van der Waals surface area contributed by atoms with E-state index < -0.39 is 5.79 Å². The predicted octanol–water partition coefficient (Wildman–Crippen LogP) is 7.47. The van der Waals surface area contributed by atoms with Crippen LogP contribution in [0.2, 0.25) is 0 Å². The minimum atomic E-state index is -0.590. The molecule has 1 aromatic carbocycles. The van der Waals surface area contributed by atoms with Crippen molar-refractivity contribution in [2.45, 2.75) is 129 Å². The fourth-order valence-corrected chi connectivity index (χ4v) is 6.46. The Morgan fingerprint density at radius 3 is 2.18 bits per heavy atom. The van der Waals surface area contributed by atoms with E-state index >= 15 is 0 Å². The number of piperidine rings is 1. The van der Waals surface area contributed by atoms with Gasteiger partial charge in [0.05, 0.1) is 25.4 Å². The van der Waals surface area contributed by atoms with Crippen LogP contribution in [0.1, 0.15) is 112 Å². The van der Waals surface area contributed by atoms with Crippen LogP contribution in [0.15, 0.2) is 24.3 Å². The van der Waals surface area contributed by atoms with E-state index in [2.05, 4.69) is 72.6 Å². The molecule has 5 atom stereocenters. The Kier molecular flexibility index (Phi) is 9.21. The summed E-state index contributed by atoms with van der Waals surface area (Å²) < 4.78 is 24.9. The van der Waals surface area contributed by atoms with Crippen molar-refractivity contribution >= 4 is 0 Å². The molecule has 6 nitrogen and oxygen atoms in total. The lowest BCUT2D eigenvalue weighted by Gasteiger charge is -2.64. The van der Waals surface area contributed by atoms with Crippen LogP contribution in [-0.2, 0) is 19.0 Å². The summed E-state index contributed by atoms with van der Waals surface area (Å²) in [6, 6.07) is 8.30. The van der Waals surface area contributed by atoms with Crippen molar-refractivity contribution in [3.63, 3.8) is 0 Å². The van der Waals surface area contributed by atoms with E-state index in [1.54, 1.807) is 0 Å². The molecule has 1 spiro atoms. The Hall–Kier alpha value is -1.18. The normalized spacial score (nSPS) is 38.3. The Balaban J connectivity index is 1.52. The van der Waals surface area contributed by atoms with Gasteiger partial charge in [-0.1, -0.05) is 59.6 Å². The first-order valence-electron chi connectivity index (χ1n) is 15.2. The molecule has 6 heteroatoms. The number of unbranched alkanes of at least 4 members (excludes halogenated alkanes) is 1. The maximum Gasteiger partial charge on any atom is 0.174 e. The highest BCUT2D eigenvalue weighted by Gasteiger charge is 2.63. The Morgan fingerprint density at radius 2 is 1.66 bits per heavy atom. The van der Waals surface area contributed by atoms with Crippen LogP contribution in [0.5, 0.6) is 5.75 Å².